The molecule has 4 heteroatoms. The Labute approximate surface area is 162 Å². The topological polar surface area (TPSA) is 35.5 Å². The van der Waals surface area contributed by atoms with Gasteiger partial charge in [0.1, 0.15) is 24.7 Å². The highest BCUT2D eigenvalue weighted by molar-refractivity contribution is 7.16. The molecule has 0 aliphatic heterocycles. The van der Waals surface area contributed by atoms with Gasteiger partial charge >= 0.3 is 0 Å². The summed E-state index contributed by atoms with van der Waals surface area (Å²) >= 11 is 0. The van der Waals surface area contributed by atoms with Gasteiger partial charge in [-0.15, -0.1) is 0 Å². The van der Waals surface area contributed by atoms with Crippen LogP contribution in [0.3, 0.4) is 0 Å². The lowest BCUT2D eigenvalue weighted by Crippen LogP contribution is -2.12. The van der Waals surface area contributed by atoms with Crippen molar-refractivity contribution in [3.05, 3.63) is 95.6 Å². The summed E-state index contributed by atoms with van der Waals surface area (Å²) in [5, 5.41) is 0. The molecule has 138 valence electrons. The fraction of sp³-hybridized carbons (Fsp3) is 0.174. The summed E-state index contributed by atoms with van der Waals surface area (Å²) in [4.78, 5) is 12.8. The minimum Gasteiger partial charge on any atom is -0.558 e. The van der Waals surface area contributed by atoms with E-state index < -0.39 is 0 Å². The molecule has 0 fully saturated rings. The molecule has 0 atom stereocenters. The van der Waals surface area contributed by atoms with E-state index in [0.29, 0.717) is 31.4 Å². The first kappa shape index (κ1) is 19.1. The van der Waals surface area contributed by atoms with Crippen LogP contribution in [0.25, 0.3) is 0 Å². The lowest BCUT2D eigenvalue weighted by atomic mass is 9.96. The molecular weight excluding hydrogens is 355 g/mol. The van der Waals surface area contributed by atoms with Gasteiger partial charge in [-0.25, -0.2) is 0 Å². The maximum Gasteiger partial charge on any atom is 0.161 e. The van der Waals surface area contributed by atoms with E-state index in [1.165, 1.54) is 0 Å². The van der Waals surface area contributed by atoms with E-state index in [1.54, 1.807) is 0 Å². The largest absolute Gasteiger partial charge is 0.558 e. The third-order valence-corrected chi connectivity index (χ3v) is 4.39. The molecule has 0 aliphatic rings. The molecule has 27 heavy (non-hydrogen) atoms. The zero-order chi connectivity index (χ0) is 18.9. The van der Waals surface area contributed by atoms with Crippen molar-refractivity contribution in [1.82, 2.24) is 0 Å². The third kappa shape index (κ3) is 5.42. The van der Waals surface area contributed by atoms with Crippen LogP contribution in [0.2, 0.25) is 0 Å². The Bertz CT molecular complexity index is 802. The SMILES string of the molecule is O=C(CC[PH-])c1c(COc2ccccc2)cccc1COc1ccccc1. The lowest BCUT2D eigenvalue weighted by Gasteiger charge is -2.16. The monoisotopic (exact) mass is 377 g/mol. The second kappa shape index (κ2) is 9.89. The standard InChI is InChI=1S/C23H22O3P/c24-22(14-15-27)23-18(16-25-20-10-3-1-4-11-20)8-7-9-19(23)17-26-21-12-5-2-6-13-21/h1-13,27H,14-17H2/q-1. The molecular formula is C23H22O3P-. The van der Waals surface area contributed by atoms with Crippen molar-refractivity contribution in [1.29, 1.82) is 0 Å². The number of para-hydroxylation sites is 2. The van der Waals surface area contributed by atoms with Crippen LogP contribution in [0, 0.1) is 0 Å². The molecule has 0 aromatic heterocycles. The Morgan fingerprint density at radius 3 is 1.63 bits per heavy atom. The minimum absolute atomic E-state index is 0.0870. The Hall–Kier alpha value is -2.64. The number of carbonyl (C=O) groups is 1. The molecule has 0 aliphatic carbocycles. The van der Waals surface area contributed by atoms with Gasteiger partial charge in [0, 0.05) is 16.7 Å². The fourth-order valence-electron chi connectivity index (χ4n) is 2.85. The van der Waals surface area contributed by atoms with Crippen LogP contribution in [0.15, 0.2) is 78.9 Å². The van der Waals surface area contributed by atoms with Gasteiger partial charge in [-0.05, 0) is 30.7 Å². The highest BCUT2D eigenvalue weighted by Crippen LogP contribution is 2.22. The molecule has 3 nitrogen and oxygen atoms in total. The number of ketones is 1. The summed E-state index contributed by atoms with van der Waals surface area (Å²) in [5.41, 5.74) is 2.44. The number of ether oxygens (including phenoxy) is 2. The average Bonchev–Trinajstić information content (AvgIpc) is 2.72. The predicted octanol–water partition coefficient (Wildman–Crippen LogP) is 5.56. The first-order chi connectivity index (χ1) is 13.3. The Balaban J connectivity index is 1.82. The van der Waals surface area contributed by atoms with Gasteiger partial charge < -0.3 is 18.7 Å². The number of Topliss-reactive ketones (excluding diaryl/α,β-unsaturated/α-hetero) is 1. The van der Waals surface area contributed by atoms with Crippen LogP contribution >= 0.6 is 9.24 Å². The van der Waals surface area contributed by atoms with Crippen LogP contribution in [0.1, 0.15) is 27.9 Å². The molecule has 0 unspecified atom stereocenters. The maximum atomic E-state index is 12.8. The van der Waals surface area contributed by atoms with Gasteiger partial charge in [0.15, 0.2) is 5.78 Å². The van der Waals surface area contributed by atoms with E-state index in [2.05, 4.69) is 9.24 Å². The normalized spacial score (nSPS) is 10.4. The zero-order valence-electron chi connectivity index (χ0n) is 15.1. The first-order valence-corrected chi connectivity index (χ1v) is 9.63. The molecule has 0 radical (unpaired) electrons. The molecule has 3 aromatic carbocycles. The Kier molecular flexibility index (Phi) is 7.01. The molecule has 0 bridgehead atoms. The number of benzene rings is 3. The van der Waals surface area contributed by atoms with Crippen molar-refractivity contribution in [2.45, 2.75) is 19.6 Å². The number of hydrogen-bond acceptors (Lipinski definition) is 3. The van der Waals surface area contributed by atoms with Crippen molar-refractivity contribution in [3.8, 4) is 11.5 Å². The Morgan fingerprint density at radius 1 is 0.704 bits per heavy atom. The van der Waals surface area contributed by atoms with Crippen molar-refractivity contribution in [2.75, 3.05) is 6.16 Å². The van der Waals surface area contributed by atoms with Gasteiger partial charge in [0.25, 0.3) is 0 Å². The van der Waals surface area contributed by atoms with Crippen molar-refractivity contribution in [2.24, 2.45) is 0 Å². The van der Waals surface area contributed by atoms with Crippen LogP contribution in [-0.4, -0.2) is 11.9 Å². The van der Waals surface area contributed by atoms with Gasteiger partial charge in [-0.1, -0.05) is 54.6 Å². The minimum atomic E-state index is 0.0870. The fourth-order valence-corrected chi connectivity index (χ4v) is 3.07. The average molecular weight is 377 g/mol. The van der Waals surface area contributed by atoms with Crippen LogP contribution < -0.4 is 9.47 Å². The quantitative estimate of drug-likeness (QED) is 0.362. The predicted molar refractivity (Wildman–Crippen MR) is 110 cm³/mol. The van der Waals surface area contributed by atoms with E-state index in [0.717, 1.165) is 22.6 Å². The molecule has 0 N–H and O–H groups in total. The molecule has 0 amide bonds. The maximum absolute atomic E-state index is 12.8. The summed E-state index contributed by atoms with van der Waals surface area (Å²) in [6.07, 6.45) is 1.04. The highest BCUT2D eigenvalue weighted by atomic mass is 31.0. The van der Waals surface area contributed by atoms with E-state index >= 15 is 0 Å². The summed E-state index contributed by atoms with van der Waals surface area (Å²) in [5.74, 6) is 1.65. The number of hydrogen-bond donors (Lipinski definition) is 0. The van der Waals surface area contributed by atoms with E-state index in [1.807, 2.05) is 78.9 Å². The second-order valence-corrected chi connectivity index (χ2v) is 6.58. The van der Waals surface area contributed by atoms with E-state index in [4.69, 9.17) is 9.47 Å². The van der Waals surface area contributed by atoms with Crippen molar-refractivity contribution < 1.29 is 14.3 Å². The summed E-state index contributed by atoms with van der Waals surface area (Å²) in [7, 11) is 3.41. The molecule has 3 aromatic rings. The zero-order valence-corrected chi connectivity index (χ0v) is 16.1. The van der Waals surface area contributed by atoms with Crippen LogP contribution in [0.4, 0.5) is 0 Å². The summed E-state index contributed by atoms with van der Waals surface area (Å²) < 4.78 is 11.7. The molecule has 0 heterocycles. The molecule has 0 spiro atoms. The van der Waals surface area contributed by atoms with Crippen LogP contribution in [0.5, 0.6) is 11.5 Å². The molecule has 0 saturated carbocycles. The van der Waals surface area contributed by atoms with Gasteiger partial charge in [0.2, 0.25) is 0 Å². The summed E-state index contributed by atoms with van der Waals surface area (Å²) in [6.45, 7) is 0.679. The van der Waals surface area contributed by atoms with E-state index in [-0.39, 0.29) is 5.78 Å². The van der Waals surface area contributed by atoms with Gasteiger partial charge in [-0.2, -0.15) is 6.16 Å². The van der Waals surface area contributed by atoms with Gasteiger partial charge in [-0.3, -0.25) is 4.79 Å². The smallest absolute Gasteiger partial charge is 0.161 e. The van der Waals surface area contributed by atoms with Crippen molar-refractivity contribution in [3.63, 3.8) is 0 Å². The Morgan fingerprint density at radius 2 is 1.19 bits per heavy atom. The number of rotatable bonds is 9. The third-order valence-electron chi connectivity index (χ3n) is 4.14. The van der Waals surface area contributed by atoms with Crippen molar-refractivity contribution >= 4 is 15.0 Å². The highest BCUT2D eigenvalue weighted by Gasteiger charge is 2.16. The summed E-state index contributed by atoms with van der Waals surface area (Å²) in [6, 6.07) is 25.0. The second-order valence-electron chi connectivity index (χ2n) is 6.08. The van der Waals surface area contributed by atoms with Crippen LogP contribution in [-0.2, 0) is 13.2 Å². The first-order valence-electron chi connectivity index (χ1n) is 8.92. The lowest BCUT2D eigenvalue weighted by molar-refractivity contribution is 0.0984. The number of carbonyl (C=O) groups excluding carboxylic acids is 1. The molecule has 0 saturated heterocycles. The van der Waals surface area contributed by atoms with E-state index in [9.17, 15) is 4.79 Å². The molecule has 3 rings (SSSR count). The van der Waals surface area contributed by atoms with Gasteiger partial charge in [0.05, 0.1) is 0 Å².